The Morgan fingerprint density at radius 1 is 1.27 bits per heavy atom. The van der Waals surface area contributed by atoms with Gasteiger partial charge in [-0.1, -0.05) is 25.1 Å². The largest absolute Gasteiger partial charge is 0.508 e. The molecule has 1 rings (SSSR count). The van der Waals surface area contributed by atoms with Crippen molar-refractivity contribution in [1.29, 1.82) is 0 Å². The number of phenolic OH excluding ortho intramolecular Hbond substituents is 1. The van der Waals surface area contributed by atoms with Crippen LogP contribution in [0.5, 0.6) is 5.75 Å². The van der Waals surface area contributed by atoms with Crippen molar-refractivity contribution < 1.29 is 14.3 Å². The molecule has 4 heteroatoms. The molecule has 1 N–H and O–H groups in total. The Bertz CT molecular complexity index is 291. The van der Waals surface area contributed by atoms with E-state index >= 15 is 0 Å². The third-order valence-electron chi connectivity index (χ3n) is 2.26. The summed E-state index contributed by atoms with van der Waals surface area (Å²) in [6.45, 7) is 3.31. The van der Waals surface area contributed by atoms with Gasteiger partial charge in [0.25, 0.3) is 0 Å². The van der Waals surface area contributed by atoms with E-state index in [2.05, 4.69) is 6.92 Å². The van der Waals surface area contributed by atoms with Crippen molar-refractivity contribution in [2.75, 3.05) is 20.3 Å². The molecule has 0 amide bonds. The van der Waals surface area contributed by atoms with Crippen LogP contribution in [0.1, 0.15) is 6.92 Å². The van der Waals surface area contributed by atoms with E-state index in [1.54, 1.807) is 13.2 Å². The molecule has 3 nitrogen and oxygen atoms in total. The molecular formula is C11H18O3Si. The molecule has 0 aliphatic heterocycles. The second-order valence-electron chi connectivity index (χ2n) is 3.32. The summed E-state index contributed by atoms with van der Waals surface area (Å²) in [7, 11) is 0.186. The maximum atomic E-state index is 9.69. The minimum atomic E-state index is -1.47. The number of hydrogen-bond acceptors (Lipinski definition) is 3. The molecule has 0 aliphatic rings. The van der Waals surface area contributed by atoms with E-state index in [1.807, 2.05) is 18.2 Å². The number of phenols is 1. The second kappa shape index (κ2) is 6.61. The van der Waals surface area contributed by atoms with Gasteiger partial charge in [-0.15, -0.1) is 0 Å². The molecule has 0 saturated carbocycles. The molecule has 0 saturated heterocycles. The maximum Gasteiger partial charge on any atom is 0.211 e. The molecule has 84 valence electrons. The van der Waals surface area contributed by atoms with Gasteiger partial charge in [0.1, 0.15) is 5.75 Å². The first-order chi connectivity index (χ1) is 7.29. The fourth-order valence-corrected chi connectivity index (χ4v) is 3.45. The van der Waals surface area contributed by atoms with Gasteiger partial charge in [0.15, 0.2) is 0 Å². The average molecular weight is 226 g/mol. The molecule has 0 fully saturated rings. The van der Waals surface area contributed by atoms with E-state index in [9.17, 15) is 5.11 Å². The zero-order chi connectivity index (χ0) is 11.1. The summed E-state index contributed by atoms with van der Waals surface area (Å²) in [5, 5.41) is 10.7. The fraction of sp³-hybridized carbons (Fsp3) is 0.455. The van der Waals surface area contributed by atoms with Crippen LogP contribution in [-0.2, 0) is 9.16 Å². The highest BCUT2D eigenvalue weighted by atomic mass is 28.3. The van der Waals surface area contributed by atoms with E-state index in [-0.39, 0.29) is 0 Å². The summed E-state index contributed by atoms with van der Waals surface area (Å²) in [5.74, 6) is 0.355. The van der Waals surface area contributed by atoms with Gasteiger partial charge in [-0.05, 0) is 12.1 Å². The predicted octanol–water partition coefficient (Wildman–Crippen LogP) is 1.01. The van der Waals surface area contributed by atoms with E-state index in [0.717, 1.165) is 11.2 Å². The summed E-state index contributed by atoms with van der Waals surface area (Å²) < 4.78 is 10.7. The Morgan fingerprint density at radius 3 is 2.60 bits per heavy atom. The predicted molar refractivity (Wildman–Crippen MR) is 63.2 cm³/mol. The van der Waals surface area contributed by atoms with E-state index < -0.39 is 9.04 Å². The van der Waals surface area contributed by atoms with Gasteiger partial charge in [-0.3, -0.25) is 0 Å². The lowest BCUT2D eigenvalue weighted by atomic mass is 10.3. The molecule has 1 unspecified atom stereocenters. The summed E-state index contributed by atoms with van der Waals surface area (Å²) in [6.07, 6.45) is 0. The van der Waals surface area contributed by atoms with Crippen molar-refractivity contribution in [3.05, 3.63) is 24.3 Å². The van der Waals surface area contributed by atoms with Crippen LogP contribution in [0.2, 0.25) is 6.04 Å². The lowest BCUT2D eigenvalue weighted by Gasteiger charge is -2.15. The first-order valence-electron chi connectivity index (χ1n) is 5.18. The quantitative estimate of drug-likeness (QED) is 0.581. The second-order valence-corrected chi connectivity index (χ2v) is 6.07. The Morgan fingerprint density at radius 2 is 2.00 bits per heavy atom. The normalized spacial score (nSPS) is 12.7. The van der Waals surface area contributed by atoms with Gasteiger partial charge in [0.2, 0.25) is 9.04 Å². The number of ether oxygens (including phenoxy) is 1. The third kappa shape index (κ3) is 3.66. The van der Waals surface area contributed by atoms with Crippen molar-refractivity contribution in [2.45, 2.75) is 13.0 Å². The van der Waals surface area contributed by atoms with E-state index in [0.29, 0.717) is 19.0 Å². The van der Waals surface area contributed by atoms with Crippen molar-refractivity contribution in [3.8, 4) is 5.75 Å². The minimum absolute atomic E-state index is 0.355. The van der Waals surface area contributed by atoms with Crippen molar-refractivity contribution in [1.82, 2.24) is 0 Å². The van der Waals surface area contributed by atoms with Crippen LogP contribution in [-0.4, -0.2) is 34.5 Å². The zero-order valence-corrected chi connectivity index (χ0v) is 10.4. The SMILES string of the molecule is CC[SiH](OCCOC)c1ccccc1O. The summed E-state index contributed by atoms with van der Waals surface area (Å²) in [6, 6.07) is 8.40. The van der Waals surface area contributed by atoms with Crippen LogP contribution in [0, 0.1) is 0 Å². The Labute approximate surface area is 92.4 Å². The highest BCUT2D eigenvalue weighted by Crippen LogP contribution is 2.07. The van der Waals surface area contributed by atoms with E-state index in [4.69, 9.17) is 9.16 Å². The number of aromatic hydroxyl groups is 1. The van der Waals surface area contributed by atoms with Crippen LogP contribution in [0.4, 0.5) is 0 Å². The van der Waals surface area contributed by atoms with Crippen LogP contribution >= 0.6 is 0 Å². The number of benzene rings is 1. The van der Waals surface area contributed by atoms with Crippen LogP contribution in [0.15, 0.2) is 24.3 Å². The fourth-order valence-electron chi connectivity index (χ4n) is 1.46. The topological polar surface area (TPSA) is 38.7 Å². The first kappa shape index (κ1) is 12.2. The molecular weight excluding hydrogens is 208 g/mol. The lowest BCUT2D eigenvalue weighted by Crippen LogP contribution is -2.33. The highest BCUT2D eigenvalue weighted by molar-refractivity contribution is 6.68. The third-order valence-corrected chi connectivity index (χ3v) is 4.82. The van der Waals surface area contributed by atoms with Gasteiger partial charge < -0.3 is 14.3 Å². The molecule has 15 heavy (non-hydrogen) atoms. The Balaban J connectivity index is 2.61. The van der Waals surface area contributed by atoms with Crippen LogP contribution < -0.4 is 5.19 Å². The number of para-hydroxylation sites is 1. The Hall–Kier alpha value is -0.843. The van der Waals surface area contributed by atoms with Crippen molar-refractivity contribution in [2.24, 2.45) is 0 Å². The Kier molecular flexibility index (Phi) is 5.38. The standard InChI is InChI=1S/C11H18O3Si/c1-3-15(14-9-8-13-2)11-7-5-4-6-10(11)12/h4-7,12,15H,3,8-9H2,1-2H3. The van der Waals surface area contributed by atoms with Gasteiger partial charge >= 0.3 is 0 Å². The minimum Gasteiger partial charge on any atom is -0.508 e. The smallest absolute Gasteiger partial charge is 0.211 e. The molecule has 1 aromatic rings. The summed E-state index contributed by atoms with van der Waals surface area (Å²) in [4.78, 5) is 0. The molecule has 0 aromatic heterocycles. The number of rotatable bonds is 6. The summed E-state index contributed by atoms with van der Waals surface area (Å²) in [5.41, 5.74) is 0. The summed E-state index contributed by atoms with van der Waals surface area (Å²) >= 11 is 0. The lowest BCUT2D eigenvalue weighted by molar-refractivity contribution is 0.147. The van der Waals surface area contributed by atoms with Gasteiger partial charge in [0.05, 0.1) is 13.2 Å². The van der Waals surface area contributed by atoms with Crippen molar-refractivity contribution in [3.63, 3.8) is 0 Å². The molecule has 0 radical (unpaired) electrons. The van der Waals surface area contributed by atoms with Gasteiger partial charge in [0, 0.05) is 12.3 Å². The first-order valence-corrected chi connectivity index (χ1v) is 7.04. The molecule has 0 spiro atoms. The number of hydrogen-bond donors (Lipinski definition) is 1. The van der Waals surface area contributed by atoms with Crippen LogP contribution in [0.25, 0.3) is 0 Å². The zero-order valence-electron chi connectivity index (χ0n) is 9.27. The molecule has 1 atom stereocenters. The molecule has 0 bridgehead atoms. The highest BCUT2D eigenvalue weighted by Gasteiger charge is 2.15. The maximum absolute atomic E-state index is 9.69. The van der Waals surface area contributed by atoms with E-state index in [1.165, 1.54) is 0 Å². The average Bonchev–Trinajstić information content (AvgIpc) is 2.26. The van der Waals surface area contributed by atoms with Crippen LogP contribution in [0.3, 0.4) is 0 Å². The monoisotopic (exact) mass is 226 g/mol. The number of methoxy groups -OCH3 is 1. The van der Waals surface area contributed by atoms with Crippen molar-refractivity contribution >= 4 is 14.2 Å². The molecule has 1 aromatic carbocycles. The van der Waals surface area contributed by atoms with Gasteiger partial charge in [-0.2, -0.15) is 0 Å². The molecule has 0 aliphatic carbocycles. The molecule has 0 heterocycles. The van der Waals surface area contributed by atoms with Gasteiger partial charge in [-0.25, -0.2) is 0 Å².